The molecule has 0 aromatic rings. The van der Waals surface area contributed by atoms with E-state index < -0.39 is 0 Å². The molecule has 1 atom stereocenters. The van der Waals surface area contributed by atoms with Crippen LogP contribution in [0.3, 0.4) is 0 Å². The van der Waals surface area contributed by atoms with Crippen molar-refractivity contribution >= 4 is 0 Å². The Labute approximate surface area is 131 Å². The summed E-state index contributed by atoms with van der Waals surface area (Å²) in [6.45, 7) is 14.0. The van der Waals surface area contributed by atoms with Gasteiger partial charge >= 0.3 is 0 Å². The Balaban J connectivity index is 1.96. The number of ether oxygens (including phenoxy) is 2. The third-order valence-corrected chi connectivity index (χ3v) is 5.13. The van der Waals surface area contributed by atoms with E-state index in [4.69, 9.17) is 9.47 Å². The van der Waals surface area contributed by atoms with Gasteiger partial charge < -0.3 is 14.8 Å². The number of nitrogens with one attached hydrogen (secondary N) is 1. The van der Waals surface area contributed by atoms with Gasteiger partial charge in [-0.3, -0.25) is 0 Å². The number of rotatable bonds is 5. The minimum absolute atomic E-state index is 0.0248. The second-order valence-corrected chi connectivity index (χ2v) is 8.47. The lowest BCUT2D eigenvalue weighted by molar-refractivity contribution is -0.121. The molecule has 2 fully saturated rings. The lowest BCUT2D eigenvalue weighted by atomic mass is 9.74. The molecule has 1 aliphatic heterocycles. The Hall–Kier alpha value is -0.120. The maximum absolute atomic E-state index is 6.58. The number of hydrogen-bond acceptors (Lipinski definition) is 3. The zero-order valence-electron chi connectivity index (χ0n) is 14.7. The van der Waals surface area contributed by atoms with Crippen LogP contribution in [-0.4, -0.2) is 37.0 Å². The Kier molecular flexibility index (Phi) is 5.72. The van der Waals surface area contributed by atoms with Crippen molar-refractivity contribution in [3.05, 3.63) is 0 Å². The molecule has 21 heavy (non-hydrogen) atoms. The van der Waals surface area contributed by atoms with E-state index in [1.807, 2.05) is 0 Å². The van der Waals surface area contributed by atoms with Gasteiger partial charge in [-0.15, -0.1) is 0 Å². The summed E-state index contributed by atoms with van der Waals surface area (Å²) in [5.41, 5.74) is 0.175. The Morgan fingerprint density at radius 1 is 1.19 bits per heavy atom. The molecule has 0 aromatic carbocycles. The molecule has 1 saturated carbocycles. The highest BCUT2D eigenvalue weighted by atomic mass is 16.6. The highest BCUT2D eigenvalue weighted by molar-refractivity contribution is 4.93. The van der Waals surface area contributed by atoms with Gasteiger partial charge in [0.25, 0.3) is 0 Å². The van der Waals surface area contributed by atoms with Crippen LogP contribution >= 0.6 is 0 Å². The van der Waals surface area contributed by atoms with E-state index >= 15 is 0 Å². The third-order valence-electron chi connectivity index (χ3n) is 5.13. The molecule has 1 N–H and O–H groups in total. The van der Waals surface area contributed by atoms with Gasteiger partial charge in [0.1, 0.15) is 0 Å². The van der Waals surface area contributed by atoms with Gasteiger partial charge in [0.05, 0.1) is 18.3 Å². The first kappa shape index (κ1) is 17.2. The maximum atomic E-state index is 6.58. The summed E-state index contributed by atoms with van der Waals surface area (Å²) in [4.78, 5) is 0. The van der Waals surface area contributed by atoms with Crippen molar-refractivity contribution in [2.45, 2.75) is 84.0 Å². The van der Waals surface area contributed by atoms with E-state index in [1.165, 1.54) is 25.7 Å². The predicted molar refractivity (Wildman–Crippen MR) is 87.6 cm³/mol. The predicted octanol–water partition coefficient (Wildman–Crippen LogP) is 3.77. The molecule has 0 spiro atoms. The summed E-state index contributed by atoms with van der Waals surface area (Å²) in [6.07, 6.45) is 6.35. The zero-order valence-corrected chi connectivity index (χ0v) is 14.7. The molecular weight excluding hydrogens is 262 g/mol. The van der Waals surface area contributed by atoms with E-state index in [9.17, 15) is 0 Å². The first-order valence-corrected chi connectivity index (χ1v) is 8.80. The van der Waals surface area contributed by atoms with Crippen molar-refractivity contribution in [2.75, 3.05) is 19.8 Å². The molecule has 0 bridgehead atoms. The van der Waals surface area contributed by atoms with Crippen molar-refractivity contribution in [1.82, 2.24) is 5.32 Å². The smallest absolute Gasteiger partial charge is 0.0838 e. The summed E-state index contributed by atoms with van der Waals surface area (Å²) in [5, 5.41) is 3.68. The largest absolute Gasteiger partial charge is 0.379 e. The van der Waals surface area contributed by atoms with Crippen molar-refractivity contribution in [3.8, 4) is 0 Å². The van der Waals surface area contributed by atoms with Crippen LogP contribution in [0.25, 0.3) is 0 Å². The van der Waals surface area contributed by atoms with E-state index in [0.717, 1.165) is 38.0 Å². The van der Waals surface area contributed by atoms with Gasteiger partial charge in [0, 0.05) is 18.7 Å². The van der Waals surface area contributed by atoms with Crippen LogP contribution in [0, 0.1) is 11.8 Å². The molecule has 2 rings (SSSR count). The van der Waals surface area contributed by atoms with Gasteiger partial charge in [0.15, 0.2) is 0 Å². The molecule has 0 amide bonds. The molecule has 1 unspecified atom stereocenters. The second-order valence-electron chi connectivity index (χ2n) is 8.47. The Morgan fingerprint density at radius 2 is 1.86 bits per heavy atom. The van der Waals surface area contributed by atoms with Crippen molar-refractivity contribution in [2.24, 2.45) is 11.8 Å². The molecule has 3 heteroatoms. The molecule has 124 valence electrons. The molecule has 1 heterocycles. The average molecular weight is 297 g/mol. The van der Waals surface area contributed by atoms with E-state index in [1.54, 1.807) is 0 Å². The summed E-state index contributed by atoms with van der Waals surface area (Å²) in [5.74, 6) is 1.67. The topological polar surface area (TPSA) is 30.5 Å². The molecule has 1 saturated heterocycles. The number of hydrogen-bond donors (Lipinski definition) is 1. The van der Waals surface area contributed by atoms with Crippen molar-refractivity contribution in [3.63, 3.8) is 0 Å². The van der Waals surface area contributed by atoms with Gasteiger partial charge in [-0.2, -0.15) is 0 Å². The SMILES string of the molecule is CC(C)C1CCC(CNC(C)(C)C)(OC2CCOC2)CC1. The fraction of sp³-hybridized carbons (Fsp3) is 1.00. The highest BCUT2D eigenvalue weighted by Crippen LogP contribution is 2.39. The van der Waals surface area contributed by atoms with Crippen LogP contribution in [0.1, 0.15) is 66.7 Å². The van der Waals surface area contributed by atoms with E-state index in [0.29, 0.717) is 6.10 Å². The first-order valence-electron chi connectivity index (χ1n) is 8.80. The van der Waals surface area contributed by atoms with Crippen LogP contribution < -0.4 is 5.32 Å². The van der Waals surface area contributed by atoms with Gasteiger partial charge in [-0.25, -0.2) is 0 Å². The van der Waals surface area contributed by atoms with Crippen LogP contribution in [0.4, 0.5) is 0 Å². The summed E-state index contributed by atoms with van der Waals surface area (Å²) >= 11 is 0. The lowest BCUT2D eigenvalue weighted by Gasteiger charge is -2.44. The molecule has 1 aliphatic carbocycles. The highest BCUT2D eigenvalue weighted by Gasteiger charge is 2.40. The van der Waals surface area contributed by atoms with Crippen LogP contribution in [0.15, 0.2) is 0 Å². The fourth-order valence-corrected chi connectivity index (χ4v) is 3.55. The summed E-state index contributed by atoms with van der Waals surface area (Å²) < 4.78 is 12.1. The molecular formula is C18H35NO2. The van der Waals surface area contributed by atoms with Crippen LogP contribution in [0.2, 0.25) is 0 Å². The van der Waals surface area contributed by atoms with Crippen molar-refractivity contribution in [1.29, 1.82) is 0 Å². The normalized spacial score (nSPS) is 34.6. The standard InChI is InChI=1S/C18H35NO2/c1-14(2)15-6-9-18(10-7-15,13-19-17(3,4)5)21-16-8-11-20-12-16/h14-16,19H,6-13H2,1-5H3. The minimum atomic E-state index is 0.0248. The minimum Gasteiger partial charge on any atom is -0.379 e. The first-order chi connectivity index (χ1) is 9.80. The second kappa shape index (κ2) is 6.97. The quantitative estimate of drug-likeness (QED) is 0.838. The van der Waals surface area contributed by atoms with Gasteiger partial charge in [0.2, 0.25) is 0 Å². The van der Waals surface area contributed by atoms with Gasteiger partial charge in [-0.05, 0) is 64.7 Å². The van der Waals surface area contributed by atoms with Gasteiger partial charge in [-0.1, -0.05) is 13.8 Å². The molecule has 0 radical (unpaired) electrons. The average Bonchev–Trinajstić information content (AvgIpc) is 2.89. The molecule has 3 nitrogen and oxygen atoms in total. The lowest BCUT2D eigenvalue weighted by Crippen LogP contribution is -2.52. The molecule has 0 aromatic heterocycles. The zero-order chi connectivity index (χ0) is 15.5. The Morgan fingerprint density at radius 3 is 2.33 bits per heavy atom. The monoisotopic (exact) mass is 297 g/mol. The summed E-state index contributed by atoms with van der Waals surface area (Å²) in [6, 6.07) is 0. The van der Waals surface area contributed by atoms with E-state index in [2.05, 4.69) is 39.9 Å². The van der Waals surface area contributed by atoms with Crippen LogP contribution in [-0.2, 0) is 9.47 Å². The van der Waals surface area contributed by atoms with Crippen molar-refractivity contribution < 1.29 is 9.47 Å². The molecule has 2 aliphatic rings. The third kappa shape index (κ3) is 5.22. The summed E-state index contributed by atoms with van der Waals surface area (Å²) in [7, 11) is 0. The van der Waals surface area contributed by atoms with Crippen LogP contribution in [0.5, 0.6) is 0 Å². The Bertz CT molecular complexity index is 308. The van der Waals surface area contributed by atoms with E-state index in [-0.39, 0.29) is 11.1 Å². The fourth-order valence-electron chi connectivity index (χ4n) is 3.55. The maximum Gasteiger partial charge on any atom is 0.0838 e.